The van der Waals surface area contributed by atoms with E-state index in [1.54, 1.807) is 25.5 Å². The molecule has 6 nitrogen and oxygen atoms in total. The van der Waals surface area contributed by atoms with E-state index >= 15 is 0 Å². The first kappa shape index (κ1) is 19.4. The number of carboxylic acids is 1. The van der Waals surface area contributed by atoms with Crippen molar-refractivity contribution in [3.05, 3.63) is 47.7 Å². The first-order valence-corrected chi connectivity index (χ1v) is 7.44. The Bertz CT molecular complexity index is 693. The molecule has 0 fully saturated rings. The van der Waals surface area contributed by atoms with Gasteiger partial charge in [-0.15, -0.1) is 0 Å². The average molecular weight is 333 g/mol. The maximum Gasteiger partial charge on any atom is 0.304 e. The van der Waals surface area contributed by atoms with Crippen LogP contribution in [0, 0.1) is 5.82 Å². The molecule has 1 heterocycles. The smallest absolute Gasteiger partial charge is 0.304 e. The van der Waals surface area contributed by atoms with Crippen LogP contribution in [0.1, 0.15) is 29.4 Å². The van der Waals surface area contributed by atoms with Gasteiger partial charge in [-0.05, 0) is 31.7 Å². The second-order valence-corrected chi connectivity index (χ2v) is 4.84. The Hall–Kier alpha value is -2.67. The maximum atomic E-state index is 13.3. The number of hydrogen-bond acceptors (Lipinski definition) is 5. The topological polar surface area (TPSA) is 92.2 Å². The zero-order valence-corrected chi connectivity index (χ0v) is 13.6. The van der Waals surface area contributed by atoms with Crippen molar-refractivity contribution in [1.29, 1.82) is 0 Å². The fourth-order valence-corrected chi connectivity index (χ4v) is 1.92. The van der Waals surface area contributed by atoms with Crippen LogP contribution in [0.2, 0.25) is 0 Å². The van der Waals surface area contributed by atoms with Crippen molar-refractivity contribution >= 4 is 12.3 Å². The third kappa shape index (κ3) is 6.21. The van der Waals surface area contributed by atoms with Crippen molar-refractivity contribution in [2.75, 3.05) is 13.6 Å². The van der Waals surface area contributed by atoms with E-state index < -0.39 is 11.8 Å². The number of carboxylic acid groups (broad SMARTS) is 1. The van der Waals surface area contributed by atoms with Crippen molar-refractivity contribution in [2.45, 2.75) is 19.8 Å². The average Bonchev–Trinajstić information content (AvgIpc) is 2.59. The highest BCUT2D eigenvalue weighted by atomic mass is 19.1. The van der Waals surface area contributed by atoms with Crippen LogP contribution < -0.4 is 5.32 Å². The third-order valence-electron chi connectivity index (χ3n) is 3.03. The predicted molar refractivity (Wildman–Crippen MR) is 88.4 cm³/mol. The quantitative estimate of drug-likeness (QED) is 0.788. The van der Waals surface area contributed by atoms with Gasteiger partial charge in [-0.2, -0.15) is 0 Å². The van der Waals surface area contributed by atoms with Gasteiger partial charge in [0.1, 0.15) is 12.1 Å². The van der Waals surface area contributed by atoms with Gasteiger partial charge in [0.05, 0.1) is 17.8 Å². The second kappa shape index (κ2) is 10.2. The summed E-state index contributed by atoms with van der Waals surface area (Å²) in [4.78, 5) is 28.8. The second-order valence-electron chi connectivity index (χ2n) is 4.84. The number of aliphatic carboxylic acids is 1. The lowest BCUT2D eigenvalue weighted by Gasteiger charge is -2.06. The van der Waals surface area contributed by atoms with E-state index in [0.717, 1.165) is 5.69 Å². The van der Waals surface area contributed by atoms with Crippen molar-refractivity contribution in [3.8, 4) is 11.3 Å². The SMILES string of the molecule is CCc1nccnc1-c1cc(F)cc(C=O)c1.CNCCC(=O)O. The minimum Gasteiger partial charge on any atom is -0.481 e. The Labute approximate surface area is 139 Å². The molecule has 0 aliphatic heterocycles. The van der Waals surface area contributed by atoms with Gasteiger partial charge in [-0.25, -0.2) is 4.39 Å². The Morgan fingerprint density at radius 2 is 2.00 bits per heavy atom. The fraction of sp³-hybridized carbons (Fsp3) is 0.294. The van der Waals surface area contributed by atoms with Gasteiger partial charge in [0.25, 0.3) is 0 Å². The van der Waals surface area contributed by atoms with Gasteiger partial charge in [0, 0.05) is 30.1 Å². The van der Waals surface area contributed by atoms with Crippen LogP contribution in [-0.4, -0.2) is 40.9 Å². The summed E-state index contributed by atoms with van der Waals surface area (Å²) >= 11 is 0. The Kier molecular flexibility index (Phi) is 8.21. The van der Waals surface area contributed by atoms with Crippen molar-refractivity contribution in [2.24, 2.45) is 0 Å². The van der Waals surface area contributed by atoms with Crippen molar-refractivity contribution in [1.82, 2.24) is 15.3 Å². The van der Waals surface area contributed by atoms with Gasteiger partial charge < -0.3 is 10.4 Å². The number of nitrogens with one attached hydrogen (secondary N) is 1. The van der Waals surface area contributed by atoms with Crippen LogP contribution in [0.25, 0.3) is 11.3 Å². The third-order valence-corrected chi connectivity index (χ3v) is 3.03. The molecule has 24 heavy (non-hydrogen) atoms. The van der Waals surface area contributed by atoms with Crippen molar-refractivity contribution in [3.63, 3.8) is 0 Å². The van der Waals surface area contributed by atoms with Crippen LogP contribution in [-0.2, 0) is 11.2 Å². The van der Waals surface area contributed by atoms with E-state index in [-0.39, 0.29) is 6.42 Å². The van der Waals surface area contributed by atoms with E-state index in [2.05, 4.69) is 15.3 Å². The number of aryl methyl sites for hydroxylation is 1. The highest BCUT2D eigenvalue weighted by Crippen LogP contribution is 2.22. The van der Waals surface area contributed by atoms with Gasteiger partial charge in [-0.3, -0.25) is 19.6 Å². The number of aldehydes is 1. The lowest BCUT2D eigenvalue weighted by molar-refractivity contribution is -0.136. The monoisotopic (exact) mass is 333 g/mol. The molecular weight excluding hydrogens is 313 g/mol. The molecule has 0 unspecified atom stereocenters. The number of rotatable bonds is 6. The minimum atomic E-state index is -0.755. The first-order chi connectivity index (χ1) is 11.5. The molecule has 2 rings (SSSR count). The predicted octanol–water partition coefficient (Wildman–Crippen LogP) is 2.34. The normalized spacial score (nSPS) is 9.79. The summed E-state index contributed by atoms with van der Waals surface area (Å²) in [6.45, 7) is 2.50. The molecule has 0 bridgehead atoms. The number of halogens is 1. The molecule has 0 radical (unpaired) electrons. The van der Waals surface area contributed by atoms with E-state index in [9.17, 15) is 14.0 Å². The fourth-order valence-electron chi connectivity index (χ4n) is 1.92. The molecule has 0 spiro atoms. The van der Waals surface area contributed by atoms with Gasteiger partial charge in [0.2, 0.25) is 0 Å². The Morgan fingerprint density at radius 3 is 2.54 bits per heavy atom. The number of carbonyl (C=O) groups excluding carboxylic acids is 1. The first-order valence-electron chi connectivity index (χ1n) is 7.44. The van der Waals surface area contributed by atoms with Crippen molar-refractivity contribution < 1.29 is 19.1 Å². The lowest BCUT2D eigenvalue weighted by Crippen LogP contribution is -2.11. The van der Waals surface area contributed by atoms with E-state index in [1.807, 2.05) is 6.92 Å². The molecule has 1 aromatic heterocycles. The highest BCUT2D eigenvalue weighted by Gasteiger charge is 2.08. The van der Waals surface area contributed by atoms with Crippen LogP contribution in [0.3, 0.4) is 0 Å². The molecular formula is C17H20FN3O3. The lowest BCUT2D eigenvalue weighted by atomic mass is 10.1. The zero-order chi connectivity index (χ0) is 17.9. The summed E-state index contributed by atoms with van der Waals surface area (Å²) in [5.74, 6) is -1.20. The van der Waals surface area contributed by atoms with Crippen LogP contribution in [0.15, 0.2) is 30.6 Å². The summed E-state index contributed by atoms with van der Waals surface area (Å²) in [5.41, 5.74) is 2.29. The largest absolute Gasteiger partial charge is 0.481 e. The molecule has 0 saturated carbocycles. The Morgan fingerprint density at radius 1 is 1.29 bits per heavy atom. The number of aromatic nitrogens is 2. The van der Waals surface area contributed by atoms with E-state index in [0.29, 0.717) is 36.1 Å². The summed E-state index contributed by atoms with van der Waals surface area (Å²) < 4.78 is 13.3. The molecule has 0 amide bonds. The zero-order valence-electron chi connectivity index (χ0n) is 13.6. The van der Waals surface area contributed by atoms with Crippen LogP contribution in [0.5, 0.6) is 0 Å². The summed E-state index contributed by atoms with van der Waals surface area (Å²) in [7, 11) is 1.73. The molecule has 7 heteroatoms. The number of carbonyl (C=O) groups is 2. The van der Waals surface area contributed by atoms with Gasteiger partial charge in [0.15, 0.2) is 0 Å². The van der Waals surface area contributed by atoms with E-state index in [1.165, 1.54) is 12.1 Å². The molecule has 1 aromatic carbocycles. The summed E-state index contributed by atoms with van der Waals surface area (Å²) in [6.07, 6.45) is 4.68. The molecule has 2 N–H and O–H groups in total. The number of hydrogen-bond donors (Lipinski definition) is 2. The number of benzene rings is 1. The van der Waals surface area contributed by atoms with E-state index in [4.69, 9.17) is 5.11 Å². The van der Waals surface area contributed by atoms with Crippen LogP contribution >= 0.6 is 0 Å². The molecule has 2 aromatic rings. The minimum absolute atomic E-state index is 0.205. The summed E-state index contributed by atoms with van der Waals surface area (Å²) in [6, 6.07) is 4.16. The van der Waals surface area contributed by atoms with Gasteiger partial charge in [-0.1, -0.05) is 6.92 Å². The molecule has 0 atom stereocenters. The molecule has 0 aliphatic rings. The number of nitrogens with zero attached hydrogens (tertiary/aromatic N) is 2. The molecule has 0 saturated heterocycles. The summed E-state index contributed by atoms with van der Waals surface area (Å²) in [5, 5.41) is 10.7. The van der Waals surface area contributed by atoms with Gasteiger partial charge >= 0.3 is 5.97 Å². The van der Waals surface area contributed by atoms with Crippen LogP contribution in [0.4, 0.5) is 4.39 Å². The Balaban J connectivity index is 0.000000351. The highest BCUT2D eigenvalue weighted by molar-refractivity contribution is 5.78. The molecule has 0 aliphatic carbocycles. The standard InChI is InChI=1S/C13H11FN2O.C4H9NO2/c1-2-12-13(16-4-3-15-12)10-5-9(8-17)6-11(14)7-10;1-5-3-2-4(6)7/h3-8H,2H2,1H3;5H,2-3H2,1H3,(H,6,7). The maximum absolute atomic E-state index is 13.3. The molecule has 128 valence electrons.